The zero-order valence-corrected chi connectivity index (χ0v) is 7.21. The standard InChI is InChI=1S/C8H13N3O/c1-10-8(12)11-5-3-2-4-7(11)6-9/h7H,2-5H2,1H3,(H,10,12). The Bertz CT molecular complexity index is 209. The summed E-state index contributed by atoms with van der Waals surface area (Å²) in [6.07, 6.45) is 2.86. The van der Waals surface area contributed by atoms with E-state index < -0.39 is 0 Å². The molecule has 4 nitrogen and oxygen atoms in total. The minimum Gasteiger partial charge on any atom is -0.341 e. The summed E-state index contributed by atoms with van der Waals surface area (Å²) in [4.78, 5) is 12.8. The van der Waals surface area contributed by atoms with E-state index in [2.05, 4.69) is 11.4 Å². The van der Waals surface area contributed by atoms with Crippen LogP contribution in [0.15, 0.2) is 0 Å². The highest BCUT2D eigenvalue weighted by Gasteiger charge is 2.25. The Labute approximate surface area is 72.2 Å². The summed E-state index contributed by atoms with van der Waals surface area (Å²) >= 11 is 0. The molecule has 0 aromatic heterocycles. The molecule has 0 radical (unpaired) electrons. The molecule has 0 aliphatic carbocycles. The molecule has 1 fully saturated rings. The molecule has 1 heterocycles. The molecule has 0 spiro atoms. The Morgan fingerprint density at radius 2 is 2.42 bits per heavy atom. The van der Waals surface area contributed by atoms with Gasteiger partial charge in [0.2, 0.25) is 0 Å². The van der Waals surface area contributed by atoms with Crippen LogP contribution < -0.4 is 5.32 Å². The van der Waals surface area contributed by atoms with E-state index in [0.717, 1.165) is 19.3 Å². The van der Waals surface area contributed by atoms with E-state index in [1.807, 2.05) is 0 Å². The summed E-state index contributed by atoms with van der Waals surface area (Å²) in [5.41, 5.74) is 0. The first kappa shape index (κ1) is 8.85. The van der Waals surface area contributed by atoms with Gasteiger partial charge in [-0.25, -0.2) is 4.79 Å². The monoisotopic (exact) mass is 167 g/mol. The van der Waals surface area contributed by atoms with Crippen LogP contribution in [0.5, 0.6) is 0 Å². The van der Waals surface area contributed by atoms with Gasteiger partial charge in [-0.15, -0.1) is 0 Å². The second kappa shape index (κ2) is 3.96. The molecule has 2 amide bonds. The largest absolute Gasteiger partial charge is 0.341 e. The first-order chi connectivity index (χ1) is 5.79. The average Bonchev–Trinajstić information content (AvgIpc) is 2.16. The number of carbonyl (C=O) groups excluding carboxylic acids is 1. The van der Waals surface area contributed by atoms with E-state index in [1.54, 1.807) is 11.9 Å². The van der Waals surface area contributed by atoms with Gasteiger partial charge in [-0.2, -0.15) is 5.26 Å². The van der Waals surface area contributed by atoms with E-state index in [4.69, 9.17) is 5.26 Å². The minimum absolute atomic E-state index is 0.138. The van der Waals surface area contributed by atoms with Crippen LogP contribution in [-0.4, -0.2) is 30.6 Å². The second-order valence-electron chi connectivity index (χ2n) is 2.89. The normalized spacial score (nSPS) is 23.0. The minimum atomic E-state index is -0.223. The summed E-state index contributed by atoms with van der Waals surface area (Å²) in [5, 5.41) is 11.3. The van der Waals surface area contributed by atoms with Gasteiger partial charge in [0.25, 0.3) is 0 Å². The number of nitrogens with one attached hydrogen (secondary N) is 1. The Morgan fingerprint density at radius 1 is 1.67 bits per heavy atom. The van der Waals surface area contributed by atoms with Crippen molar-refractivity contribution in [1.29, 1.82) is 5.26 Å². The Hall–Kier alpha value is -1.24. The molecule has 1 aliphatic heterocycles. The molecule has 1 atom stereocenters. The zero-order chi connectivity index (χ0) is 8.97. The van der Waals surface area contributed by atoms with Crippen molar-refractivity contribution < 1.29 is 4.79 Å². The van der Waals surface area contributed by atoms with Crippen molar-refractivity contribution in [3.8, 4) is 6.07 Å². The fraction of sp³-hybridized carbons (Fsp3) is 0.750. The average molecular weight is 167 g/mol. The molecule has 0 aromatic rings. The van der Waals surface area contributed by atoms with E-state index in [1.165, 1.54) is 0 Å². The first-order valence-corrected chi connectivity index (χ1v) is 4.17. The van der Waals surface area contributed by atoms with Crippen molar-refractivity contribution in [2.45, 2.75) is 25.3 Å². The Morgan fingerprint density at radius 3 is 3.00 bits per heavy atom. The number of piperidine rings is 1. The van der Waals surface area contributed by atoms with Crippen LogP contribution in [0.4, 0.5) is 4.79 Å². The maximum atomic E-state index is 11.2. The van der Waals surface area contributed by atoms with E-state index >= 15 is 0 Å². The fourth-order valence-corrected chi connectivity index (χ4v) is 1.45. The van der Waals surface area contributed by atoms with Crippen molar-refractivity contribution >= 4 is 6.03 Å². The lowest BCUT2D eigenvalue weighted by atomic mass is 10.0. The third kappa shape index (κ3) is 1.67. The lowest BCUT2D eigenvalue weighted by Gasteiger charge is -2.30. The van der Waals surface area contributed by atoms with Crippen LogP contribution in [0, 0.1) is 11.3 Å². The lowest BCUT2D eigenvalue weighted by Crippen LogP contribution is -2.47. The Balaban J connectivity index is 2.60. The maximum Gasteiger partial charge on any atom is 0.318 e. The summed E-state index contributed by atoms with van der Waals surface area (Å²) in [5.74, 6) is 0. The van der Waals surface area contributed by atoms with E-state index in [-0.39, 0.29) is 12.1 Å². The van der Waals surface area contributed by atoms with Crippen molar-refractivity contribution in [3.05, 3.63) is 0 Å². The highest BCUT2D eigenvalue weighted by Crippen LogP contribution is 2.15. The van der Waals surface area contributed by atoms with Gasteiger partial charge in [-0.05, 0) is 19.3 Å². The molecule has 1 N–H and O–H groups in total. The summed E-state index contributed by atoms with van der Waals surface area (Å²) in [6, 6.07) is 1.77. The van der Waals surface area contributed by atoms with Crippen LogP contribution in [0.25, 0.3) is 0 Å². The third-order valence-electron chi connectivity index (χ3n) is 2.13. The first-order valence-electron chi connectivity index (χ1n) is 4.17. The highest BCUT2D eigenvalue weighted by molar-refractivity contribution is 5.74. The van der Waals surface area contributed by atoms with Gasteiger partial charge in [0.05, 0.1) is 6.07 Å². The lowest BCUT2D eigenvalue weighted by molar-refractivity contribution is 0.171. The molecule has 0 aromatic carbocycles. The van der Waals surface area contributed by atoms with Crippen LogP contribution in [0.2, 0.25) is 0 Å². The Kier molecular flexibility index (Phi) is 2.92. The molecule has 4 heteroatoms. The smallest absolute Gasteiger partial charge is 0.318 e. The zero-order valence-electron chi connectivity index (χ0n) is 7.21. The molecule has 12 heavy (non-hydrogen) atoms. The molecule has 1 rings (SSSR count). The van der Waals surface area contributed by atoms with Crippen LogP contribution in [-0.2, 0) is 0 Å². The number of urea groups is 1. The third-order valence-corrected chi connectivity index (χ3v) is 2.13. The molecule has 1 aliphatic rings. The predicted octanol–water partition coefficient (Wildman–Crippen LogP) is 0.704. The SMILES string of the molecule is CNC(=O)N1CCCCC1C#N. The number of hydrogen-bond acceptors (Lipinski definition) is 2. The number of nitrogens with zero attached hydrogens (tertiary/aromatic N) is 2. The van der Waals surface area contributed by atoms with Crippen molar-refractivity contribution in [3.63, 3.8) is 0 Å². The number of nitriles is 1. The number of hydrogen-bond donors (Lipinski definition) is 1. The van der Waals surface area contributed by atoms with Gasteiger partial charge in [0, 0.05) is 13.6 Å². The molecule has 66 valence electrons. The summed E-state index contributed by atoms with van der Waals surface area (Å²) in [7, 11) is 1.59. The predicted molar refractivity (Wildman–Crippen MR) is 44.4 cm³/mol. The van der Waals surface area contributed by atoms with Crippen LogP contribution in [0.1, 0.15) is 19.3 Å². The quantitative estimate of drug-likeness (QED) is 0.577. The molecule has 0 bridgehead atoms. The molecular weight excluding hydrogens is 154 g/mol. The van der Waals surface area contributed by atoms with Crippen LogP contribution >= 0.6 is 0 Å². The van der Waals surface area contributed by atoms with Gasteiger partial charge in [0.15, 0.2) is 0 Å². The van der Waals surface area contributed by atoms with Gasteiger partial charge in [-0.1, -0.05) is 0 Å². The van der Waals surface area contributed by atoms with Gasteiger partial charge < -0.3 is 10.2 Å². The number of amides is 2. The van der Waals surface area contributed by atoms with E-state index in [9.17, 15) is 4.79 Å². The molecular formula is C8H13N3O. The van der Waals surface area contributed by atoms with Crippen LogP contribution in [0.3, 0.4) is 0 Å². The topological polar surface area (TPSA) is 56.1 Å². The van der Waals surface area contributed by atoms with Gasteiger partial charge in [0.1, 0.15) is 6.04 Å². The second-order valence-corrected chi connectivity index (χ2v) is 2.89. The number of carbonyl (C=O) groups is 1. The molecule has 1 unspecified atom stereocenters. The van der Waals surface area contributed by atoms with Gasteiger partial charge in [-0.3, -0.25) is 0 Å². The van der Waals surface area contributed by atoms with Crippen molar-refractivity contribution in [2.75, 3.05) is 13.6 Å². The molecule has 1 saturated heterocycles. The summed E-state index contributed by atoms with van der Waals surface area (Å²) in [6.45, 7) is 0.706. The highest BCUT2D eigenvalue weighted by atomic mass is 16.2. The van der Waals surface area contributed by atoms with Gasteiger partial charge >= 0.3 is 6.03 Å². The number of rotatable bonds is 0. The molecule has 0 saturated carbocycles. The fourth-order valence-electron chi connectivity index (χ4n) is 1.45. The van der Waals surface area contributed by atoms with Crippen molar-refractivity contribution in [2.24, 2.45) is 0 Å². The van der Waals surface area contributed by atoms with E-state index in [0.29, 0.717) is 6.54 Å². The summed E-state index contributed by atoms with van der Waals surface area (Å²) < 4.78 is 0. The van der Waals surface area contributed by atoms with Crippen molar-refractivity contribution in [1.82, 2.24) is 10.2 Å². The maximum absolute atomic E-state index is 11.2. The number of likely N-dealkylation sites (tertiary alicyclic amines) is 1.